The van der Waals surface area contributed by atoms with Crippen molar-refractivity contribution in [3.63, 3.8) is 0 Å². The van der Waals surface area contributed by atoms with Crippen LogP contribution in [0.2, 0.25) is 0 Å². The molecule has 0 aromatic carbocycles. The van der Waals surface area contributed by atoms with E-state index in [-0.39, 0.29) is 18.2 Å². The molecule has 1 aliphatic carbocycles. The van der Waals surface area contributed by atoms with Gasteiger partial charge in [-0.15, -0.1) is 0 Å². The first kappa shape index (κ1) is 12.9. The highest BCUT2D eigenvalue weighted by atomic mass is 16.4. The molecule has 2 atom stereocenters. The zero-order valence-corrected chi connectivity index (χ0v) is 10.4. The molecule has 1 aliphatic heterocycles. The second-order valence-corrected chi connectivity index (χ2v) is 5.25. The van der Waals surface area contributed by atoms with Crippen molar-refractivity contribution in [2.24, 2.45) is 11.8 Å². The molecule has 1 saturated carbocycles. The molecule has 1 heterocycles. The minimum Gasteiger partial charge on any atom is -0.480 e. The van der Waals surface area contributed by atoms with Gasteiger partial charge >= 0.3 is 5.97 Å². The first-order chi connectivity index (χ1) is 8.47. The summed E-state index contributed by atoms with van der Waals surface area (Å²) in [7, 11) is 1.65. The average Bonchev–Trinajstić information content (AvgIpc) is 3.04. The molecule has 1 saturated heterocycles. The van der Waals surface area contributed by atoms with Crippen LogP contribution < -0.4 is 5.32 Å². The molecule has 2 unspecified atom stereocenters. The van der Waals surface area contributed by atoms with Crippen molar-refractivity contribution in [3.8, 4) is 0 Å². The van der Waals surface area contributed by atoms with Gasteiger partial charge in [0.05, 0.1) is 5.92 Å². The zero-order valence-electron chi connectivity index (χ0n) is 10.4. The predicted molar refractivity (Wildman–Crippen MR) is 62.7 cm³/mol. The Balaban J connectivity index is 1.88. The smallest absolute Gasteiger partial charge is 0.326 e. The number of carbonyl (C=O) groups excluding carboxylic acids is 2. The Labute approximate surface area is 105 Å². The van der Waals surface area contributed by atoms with E-state index in [1.165, 1.54) is 4.90 Å². The molecule has 2 rings (SSSR count). The van der Waals surface area contributed by atoms with Gasteiger partial charge in [0.1, 0.15) is 6.04 Å². The predicted octanol–water partition coefficient (Wildman–Crippen LogP) is -0.166. The lowest BCUT2D eigenvalue weighted by molar-refractivity contribution is -0.142. The van der Waals surface area contributed by atoms with Gasteiger partial charge in [0.25, 0.3) is 0 Å². The molecule has 0 bridgehead atoms. The summed E-state index contributed by atoms with van der Waals surface area (Å²) in [4.78, 5) is 35.8. The third-order valence-electron chi connectivity index (χ3n) is 3.59. The lowest BCUT2D eigenvalue weighted by atomic mass is 10.1. The fourth-order valence-electron chi connectivity index (χ4n) is 2.24. The maximum Gasteiger partial charge on any atom is 0.326 e. The maximum atomic E-state index is 11.9. The lowest BCUT2D eigenvalue weighted by Gasteiger charge is -2.16. The molecule has 2 aliphatic rings. The van der Waals surface area contributed by atoms with Crippen molar-refractivity contribution in [1.82, 2.24) is 10.2 Å². The zero-order chi connectivity index (χ0) is 13.3. The lowest BCUT2D eigenvalue weighted by Crippen LogP contribution is -2.44. The third kappa shape index (κ3) is 3.00. The van der Waals surface area contributed by atoms with E-state index in [1.807, 2.05) is 0 Å². The van der Waals surface area contributed by atoms with Crippen LogP contribution in [0, 0.1) is 11.8 Å². The van der Waals surface area contributed by atoms with Gasteiger partial charge in [0.2, 0.25) is 11.8 Å². The molecule has 0 spiro atoms. The summed E-state index contributed by atoms with van der Waals surface area (Å²) < 4.78 is 0. The molecule has 100 valence electrons. The number of nitrogens with zero attached hydrogens (tertiary/aromatic N) is 1. The van der Waals surface area contributed by atoms with E-state index in [9.17, 15) is 14.4 Å². The number of carbonyl (C=O) groups is 3. The summed E-state index contributed by atoms with van der Waals surface area (Å²) in [6.07, 6.45) is 2.77. The molecule has 6 heteroatoms. The molecule has 6 nitrogen and oxygen atoms in total. The number of amides is 2. The van der Waals surface area contributed by atoms with Crippen LogP contribution in [0.3, 0.4) is 0 Å². The quantitative estimate of drug-likeness (QED) is 0.713. The Bertz CT molecular complexity index is 378. The Morgan fingerprint density at radius 3 is 2.61 bits per heavy atom. The molecule has 0 radical (unpaired) electrons. The van der Waals surface area contributed by atoms with Gasteiger partial charge in [-0.2, -0.15) is 0 Å². The van der Waals surface area contributed by atoms with E-state index >= 15 is 0 Å². The highest BCUT2D eigenvalue weighted by Gasteiger charge is 2.35. The summed E-state index contributed by atoms with van der Waals surface area (Å²) in [5, 5.41) is 11.6. The number of carboxylic acids is 1. The van der Waals surface area contributed by atoms with E-state index in [0.717, 1.165) is 12.8 Å². The number of nitrogens with one attached hydrogen (secondary N) is 1. The molecule has 2 amide bonds. The van der Waals surface area contributed by atoms with Gasteiger partial charge < -0.3 is 15.3 Å². The van der Waals surface area contributed by atoms with Gasteiger partial charge in [0, 0.05) is 20.0 Å². The van der Waals surface area contributed by atoms with Crippen LogP contribution in [-0.4, -0.2) is 47.4 Å². The summed E-state index contributed by atoms with van der Waals surface area (Å²) in [6.45, 7) is 0.375. The maximum absolute atomic E-state index is 11.9. The molecule has 0 aromatic heterocycles. The van der Waals surface area contributed by atoms with E-state index in [0.29, 0.717) is 18.9 Å². The molecular formula is C12H18N2O4. The van der Waals surface area contributed by atoms with E-state index < -0.39 is 17.9 Å². The largest absolute Gasteiger partial charge is 0.480 e. The van der Waals surface area contributed by atoms with Crippen molar-refractivity contribution < 1.29 is 19.5 Å². The van der Waals surface area contributed by atoms with Gasteiger partial charge in [0.15, 0.2) is 0 Å². The number of aliphatic carboxylic acids is 1. The van der Waals surface area contributed by atoms with Crippen LogP contribution in [0.15, 0.2) is 0 Å². The summed E-state index contributed by atoms with van der Waals surface area (Å²) >= 11 is 0. The normalized spacial score (nSPS) is 25.1. The van der Waals surface area contributed by atoms with Crippen molar-refractivity contribution >= 4 is 17.8 Å². The summed E-state index contributed by atoms with van der Waals surface area (Å²) in [5.41, 5.74) is 0. The number of hydrogen-bond donors (Lipinski definition) is 2. The highest BCUT2D eigenvalue weighted by Crippen LogP contribution is 2.33. The van der Waals surface area contributed by atoms with Crippen LogP contribution in [0.5, 0.6) is 0 Å². The highest BCUT2D eigenvalue weighted by molar-refractivity contribution is 5.91. The van der Waals surface area contributed by atoms with Gasteiger partial charge in [-0.3, -0.25) is 9.59 Å². The van der Waals surface area contributed by atoms with Crippen molar-refractivity contribution in [3.05, 3.63) is 0 Å². The number of hydrogen-bond acceptors (Lipinski definition) is 3. The average molecular weight is 254 g/mol. The molecule has 2 N–H and O–H groups in total. The van der Waals surface area contributed by atoms with Crippen LogP contribution >= 0.6 is 0 Å². The monoisotopic (exact) mass is 254 g/mol. The minimum atomic E-state index is -0.993. The Kier molecular flexibility index (Phi) is 3.54. The second kappa shape index (κ2) is 4.96. The number of likely N-dealkylation sites (tertiary alicyclic amines) is 1. The van der Waals surface area contributed by atoms with Crippen LogP contribution in [0.1, 0.15) is 25.7 Å². The Morgan fingerprint density at radius 1 is 1.50 bits per heavy atom. The van der Waals surface area contributed by atoms with Crippen molar-refractivity contribution in [2.45, 2.75) is 31.7 Å². The van der Waals surface area contributed by atoms with Gasteiger partial charge in [-0.25, -0.2) is 4.79 Å². The van der Waals surface area contributed by atoms with Crippen molar-refractivity contribution in [1.29, 1.82) is 0 Å². The molecular weight excluding hydrogens is 236 g/mol. The molecule has 18 heavy (non-hydrogen) atoms. The SMILES string of the molecule is CN1CC(C(=O)NC(CC2CC2)C(=O)O)CC1=O. The van der Waals surface area contributed by atoms with Crippen LogP contribution in [-0.2, 0) is 14.4 Å². The van der Waals surface area contributed by atoms with Gasteiger partial charge in [-0.05, 0) is 12.3 Å². The fourth-order valence-corrected chi connectivity index (χ4v) is 2.24. The molecule has 2 fully saturated rings. The van der Waals surface area contributed by atoms with Gasteiger partial charge in [-0.1, -0.05) is 12.8 Å². The minimum absolute atomic E-state index is 0.0655. The van der Waals surface area contributed by atoms with E-state index in [4.69, 9.17) is 5.11 Å². The first-order valence-electron chi connectivity index (χ1n) is 6.24. The third-order valence-corrected chi connectivity index (χ3v) is 3.59. The topological polar surface area (TPSA) is 86.7 Å². The van der Waals surface area contributed by atoms with Crippen LogP contribution in [0.4, 0.5) is 0 Å². The summed E-state index contributed by atoms with van der Waals surface area (Å²) in [6, 6.07) is -0.814. The van der Waals surface area contributed by atoms with Crippen molar-refractivity contribution in [2.75, 3.05) is 13.6 Å². The first-order valence-corrected chi connectivity index (χ1v) is 6.24. The van der Waals surface area contributed by atoms with Crippen LogP contribution in [0.25, 0.3) is 0 Å². The molecule has 0 aromatic rings. The number of rotatable bonds is 5. The van der Waals surface area contributed by atoms with E-state index in [2.05, 4.69) is 5.32 Å². The second-order valence-electron chi connectivity index (χ2n) is 5.25. The standard InChI is InChI=1S/C12H18N2O4/c1-14-6-8(5-10(14)15)11(16)13-9(12(17)18)4-7-2-3-7/h7-9H,2-6H2,1H3,(H,13,16)(H,17,18). The Morgan fingerprint density at radius 2 is 2.17 bits per heavy atom. The van der Waals surface area contributed by atoms with E-state index in [1.54, 1.807) is 7.05 Å². The summed E-state index contributed by atoms with van der Waals surface area (Å²) in [5.74, 6) is -1.36. The Hall–Kier alpha value is -1.59. The fraction of sp³-hybridized carbons (Fsp3) is 0.750. The number of carboxylic acid groups (broad SMARTS) is 1.